The number of nitrogens with zero attached hydrogens (tertiary/aromatic N) is 1. The van der Waals surface area contributed by atoms with Gasteiger partial charge in [-0.05, 0) is 32.1 Å². The van der Waals surface area contributed by atoms with Crippen molar-refractivity contribution in [1.29, 1.82) is 0 Å². The van der Waals surface area contributed by atoms with E-state index in [1.165, 1.54) is 6.42 Å². The lowest BCUT2D eigenvalue weighted by molar-refractivity contribution is -0.137. The third-order valence-electron chi connectivity index (χ3n) is 3.86. The molecule has 0 aromatic carbocycles. The van der Waals surface area contributed by atoms with Crippen LogP contribution in [0.5, 0.6) is 0 Å². The second-order valence-electron chi connectivity index (χ2n) is 4.88. The summed E-state index contributed by atoms with van der Waals surface area (Å²) < 4.78 is 5.82. The first kappa shape index (κ1) is 10.0. The molecule has 16 heavy (non-hydrogen) atoms. The molecule has 0 amide bonds. The van der Waals surface area contributed by atoms with E-state index in [9.17, 15) is 4.79 Å². The smallest absolute Gasteiger partial charge is 0.201 e. The number of hydrogen-bond acceptors (Lipinski definition) is 3. The molecule has 1 saturated heterocycles. The molecule has 1 aromatic heterocycles. The second kappa shape index (κ2) is 3.70. The minimum absolute atomic E-state index is 0.0329. The highest BCUT2D eigenvalue weighted by molar-refractivity contribution is 5.94. The number of nitrogens with one attached hydrogen (secondary N) is 1. The topological polar surface area (TPSA) is 55.0 Å². The Hall–Kier alpha value is -1.16. The van der Waals surface area contributed by atoms with E-state index in [0.29, 0.717) is 5.82 Å². The second-order valence-corrected chi connectivity index (χ2v) is 4.88. The molecule has 0 bridgehead atoms. The van der Waals surface area contributed by atoms with Gasteiger partial charge in [0, 0.05) is 24.9 Å². The lowest BCUT2D eigenvalue weighted by Gasteiger charge is -2.46. The van der Waals surface area contributed by atoms with Crippen molar-refractivity contribution < 1.29 is 9.53 Å². The molecule has 1 saturated carbocycles. The van der Waals surface area contributed by atoms with E-state index in [0.717, 1.165) is 32.3 Å². The Bertz CT molecular complexity index is 382. The zero-order chi connectivity index (χ0) is 11.0. The monoisotopic (exact) mass is 220 g/mol. The minimum atomic E-state index is 0.0329. The van der Waals surface area contributed by atoms with Crippen molar-refractivity contribution in [3.8, 4) is 0 Å². The van der Waals surface area contributed by atoms with E-state index in [-0.39, 0.29) is 17.3 Å². The van der Waals surface area contributed by atoms with Gasteiger partial charge in [0.1, 0.15) is 0 Å². The van der Waals surface area contributed by atoms with Crippen molar-refractivity contribution in [2.45, 2.75) is 37.7 Å². The van der Waals surface area contributed by atoms with Crippen LogP contribution in [0, 0.1) is 5.92 Å². The average molecular weight is 220 g/mol. The first-order valence-electron chi connectivity index (χ1n) is 5.97. The Morgan fingerprint density at radius 2 is 2.44 bits per heavy atom. The van der Waals surface area contributed by atoms with Gasteiger partial charge in [-0.15, -0.1) is 0 Å². The molecule has 4 nitrogen and oxygen atoms in total. The predicted molar refractivity (Wildman–Crippen MR) is 58.2 cm³/mol. The summed E-state index contributed by atoms with van der Waals surface area (Å²) in [7, 11) is 0. The van der Waals surface area contributed by atoms with Crippen molar-refractivity contribution in [2.24, 2.45) is 5.92 Å². The maximum absolute atomic E-state index is 12.1. The summed E-state index contributed by atoms with van der Waals surface area (Å²) in [6.07, 6.45) is 8.52. The Labute approximate surface area is 94.4 Å². The number of carbonyl (C=O) groups excluding carboxylic acids is 1. The maximum Gasteiger partial charge on any atom is 0.201 e. The minimum Gasteiger partial charge on any atom is -0.375 e. The predicted octanol–water partition coefficient (Wildman–Crippen LogP) is 1.94. The number of H-pyrrole nitrogens is 1. The molecule has 86 valence electrons. The number of aromatic nitrogens is 2. The Morgan fingerprint density at radius 3 is 3.06 bits per heavy atom. The highest BCUT2D eigenvalue weighted by atomic mass is 16.5. The van der Waals surface area contributed by atoms with Crippen LogP contribution in [0.4, 0.5) is 0 Å². The van der Waals surface area contributed by atoms with Crippen LogP contribution in [0.3, 0.4) is 0 Å². The van der Waals surface area contributed by atoms with Gasteiger partial charge in [0.2, 0.25) is 5.78 Å². The number of rotatable bonds is 2. The first-order valence-corrected chi connectivity index (χ1v) is 5.97. The fourth-order valence-electron chi connectivity index (χ4n) is 2.76. The van der Waals surface area contributed by atoms with E-state index >= 15 is 0 Å². The van der Waals surface area contributed by atoms with Crippen molar-refractivity contribution >= 4 is 5.78 Å². The van der Waals surface area contributed by atoms with Crippen LogP contribution in [0.1, 0.15) is 42.7 Å². The molecular weight excluding hydrogens is 204 g/mol. The van der Waals surface area contributed by atoms with Gasteiger partial charge in [0.15, 0.2) is 5.82 Å². The van der Waals surface area contributed by atoms with Gasteiger partial charge in [-0.2, -0.15) is 0 Å². The van der Waals surface area contributed by atoms with E-state index < -0.39 is 0 Å². The zero-order valence-corrected chi connectivity index (χ0v) is 9.24. The van der Waals surface area contributed by atoms with Crippen molar-refractivity contribution in [3.05, 3.63) is 18.2 Å². The molecule has 1 atom stereocenters. The summed E-state index contributed by atoms with van der Waals surface area (Å²) >= 11 is 0. The van der Waals surface area contributed by atoms with Crippen LogP contribution < -0.4 is 0 Å². The van der Waals surface area contributed by atoms with E-state index in [1.807, 2.05) is 0 Å². The van der Waals surface area contributed by atoms with Crippen LogP contribution >= 0.6 is 0 Å². The molecule has 2 fully saturated rings. The number of Topliss-reactive ketones (excluding diaryl/α,β-unsaturated/α-hetero) is 1. The molecule has 3 rings (SSSR count). The first-order chi connectivity index (χ1) is 7.79. The quantitative estimate of drug-likeness (QED) is 0.775. The lowest BCUT2D eigenvalue weighted by atomic mass is 9.71. The normalized spacial score (nSPS) is 27.6. The highest BCUT2D eigenvalue weighted by Gasteiger charge is 2.44. The van der Waals surface area contributed by atoms with Crippen LogP contribution in [0.15, 0.2) is 12.4 Å². The number of ether oxygens (including phenoxy) is 1. The summed E-state index contributed by atoms with van der Waals surface area (Å²) in [5.41, 5.74) is 0.0329. The highest BCUT2D eigenvalue weighted by Crippen LogP contribution is 2.44. The van der Waals surface area contributed by atoms with Crippen molar-refractivity contribution in [2.75, 3.05) is 6.61 Å². The number of imidazole rings is 1. The molecule has 1 spiro atoms. The van der Waals surface area contributed by atoms with Gasteiger partial charge in [-0.25, -0.2) is 4.98 Å². The molecule has 1 unspecified atom stereocenters. The van der Waals surface area contributed by atoms with Crippen molar-refractivity contribution in [1.82, 2.24) is 9.97 Å². The molecule has 1 N–H and O–H groups in total. The third kappa shape index (κ3) is 1.57. The summed E-state index contributed by atoms with van der Waals surface area (Å²) in [5.74, 6) is 0.751. The van der Waals surface area contributed by atoms with Gasteiger partial charge >= 0.3 is 0 Å². The standard InChI is InChI=1S/C12H16N2O2/c15-10(11-13-5-6-14-11)9-2-7-16-12(8-9)3-1-4-12/h5-6,9H,1-4,7-8H2,(H,13,14). The summed E-state index contributed by atoms with van der Waals surface area (Å²) in [6, 6.07) is 0. The van der Waals surface area contributed by atoms with Crippen LogP contribution in [0.2, 0.25) is 0 Å². The largest absolute Gasteiger partial charge is 0.375 e. The van der Waals surface area contributed by atoms with Crippen LogP contribution in [-0.4, -0.2) is 28.0 Å². The average Bonchev–Trinajstić information content (AvgIpc) is 2.79. The molecule has 1 aromatic rings. The number of ketones is 1. The fourth-order valence-corrected chi connectivity index (χ4v) is 2.76. The Morgan fingerprint density at radius 1 is 1.56 bits per heavy atom. The third-order valence-corrected chi connectivity index (χ3v) is 3.86. The van der Waals surface area contributed by atoms with Crippen molar-refractivity contribution in [3.63, 3.8) is 0 Å². The molecule has 1 aliphatic carbocycles. The summed E-state index contributed by atoms with van der Waals surface area (Å²) in [4.78, 5) is 19.1. The number of aromatic amines is 1. The summed E-state index contributed by atoms with van der Waals surface area (Å²) in [6.45, 7) is 0.719. The Balaban J connectivity index is 1.73. The molecule has 2 heterocycles. The van der Waals surface area contributed by atoms with Gasteiger partial charge in [0.05, 0.1) is 5.60 Å². The molecule has 2 aliphatic rings. The van der Waals surface area contributed by atoms with Gasteiger partial charge < -0.3 is 9.72 Å². The Kier molecular flexibility index (Phi) is 2.32. The number of carbonyl (C=O) groups is 1. The fraction of sp³-hybridized carbons (Fsp3) is 0.667. The SMILES string of the molecule is O=C(c1ncc[nH]1)C1CCOC2(CCC2)C1. The van der Waals surface area contributed by atoms with E-state index in [2.05, 4.69) is 9.97 Å². The van der Waals surface area contributed by atoms with Gasteiger partial charge in [0.25, 0.3) is 0 Å². The summed E-state index contributed by atoms with van der Waals surface area (Å²) in [5, 5.41) is 0. The lowest BCUT2D eigenvalue weighted by Crippen LogP contribution is -2.47. The molecule has 1 aliphatic heterocycles. The van der Waals surface area contributed by atoms with Gasteiger partial charge in [-0.1, -0.05) is 0 Å². The van der Waals surface area contributed by atoms with Crippen LogP contribution in [-0.2, 0) is 4.74 Å². The number of hydrogen-bond donors (Lipinski definition) is 1. The molecule has 0 radical (unpaired) electrons. The van der Waals surface area contributed by atoms with E-state index in [1.54, 1.807) is 12.4 Å². The molecular formula is C12H16N2O2. The zero-order valence-electron chi connectivity index (χ0n) is 9.24. The van der Waals surface area contributed by atoms with Crippen LogP contribution in [0.25, 0.3) is 0 Å². The molecule has 4 heteroatoms. The van der Waals surface area contributed by atoms with E-state index in [4.69, 9.17) is 4.74 Å². The maximum atomic E-state index is 12.1. The van der Waals surface area contributed by atoms with Gasteiger partial charge in [-0.3, -0.25) is 4.79 Å².